The fourth-order valence-electron chi connectivity index (χ4n) is 4.22. The predicted octanol–water partition coefficient (Wildman–Crippen LogP) is 7.85. The van der Waals surface area contributed by atoms with E-state index in [1.165, 1.54) is 83.5 Å². The number of aliphatic hydroxyl groups is 1. The van der Waals surface area contributed by atoms with Gasteiger partial charge in [0, 0.05) is 31.5 Å². The van der Waals surface area contributed by atoms with Crippen LogP contribution in [0.5, 0.6) is 0 Å². The Labute approximate surface area is 193 Å². The van der Waals surface area contributed by atoms with Crippen LogP contribution in [0.3, 0.4) is 0 Å². The van der Waals surface area contributed by atoms with Crippen LogP contribution < -0.4 is 0 Å². The first-order valence-corrected chi connectivity index (χ1v) is 13.2. The first kappa shape index (κ1) is 29.9. The van der Waals surface area contributed by atoms with Crippen molar-refractivity contribution in [1.29, 1.82) is 10.5 Å². The van der Waals surface area contributed by atoms with Gasteiger partial charge in [0.05, 0.1) is 18.7 Å². The van der Waals surface area contributed by atoms with Crippen molar-refractivity contribution in [2.75, 3.05) is 19.8 Å². The highest BCUT2D eigenvalue weighted by Gasteiger charge is 2.30. The van der Waals surface area contributed by atoms with E-state index in [1.54, 1.807) is 0 Å². The number of nitrogens with zero attached hydrogens (tertiary/aromatic N) is 2. The molecule has 0 aliphatic heterocycles. The second kappa shape index (κ2) is 23.6. The van der Waals surface area contributed by atoms with Gasteiger partial charge in [-0.25, -0.2) is 0 Å². The Hall–Kier alpha value is -1.10. The number of nitriles is 2. The van der Waals surface area contributed by atoms with Gasteiger partial charge in [0.25, 0.3) is 0 Å². The molecular formula is C27H50N2O2. The molecule has 0 fully saturated rings. The van der Waals surface area contributed by atoms with Crippen LogP contribution in [0.1, 0.15) is 135 Å². The van der Waals surface area contributed by atoms with Crippen molar-refractivity contribution in [3.63, 3.8) is 0 Å². The van der Waals surface area contributed by atoms with Crippen molar-refractivity contribution in [2.24, 2.45) is 5.41 Å². The van der Waals surface area contributed by atoms with E-state index in [-0.39, 0.29) is 5.41 Å². The van der Waals surface area contributed by atoms with Crippen molar-refractivity contribution in [1.82, 2.24) is 0 Å². The van der Waals surface area contributed by atoms with Crippen LogP contribution in [0.25, 0.3) is 0 Å². The molecule has 0 heterocycles. The van der Waals surface area contributed by atoms with Crippen LogP contribution in [0.15, 0.2) is 0 Å². The summed E-state index contributed by atoms with van der Waals surface area (Å²) in [6, 6.07) is 4.63. The maximum atomic E-state index is 9.32. The molecule has 0 spiro atoms. The number of rotatable bonds is 24. The third kappa shape index (κ3) is 19.3. The summed E-state index contributed by atoms with van der Waals surface area (Å²) in [6.07, 6.45) is 22.6. The molecule has 0 aromatic heterocycles. The Morgan fingerprint density at radius 3 is 1.58 bits per heavy atom. The summed E-state index contributed by atoms with van der Waals surface area (Å²) < 4.78 is 5.97. The zero-order valence-electron chi connectivity index (χ0n) is 20.5. The van der Waals surface area contributed by atoms with Gasteiger partial charge in [-0.15, -0.1) is 0 Å². The Balaban J connectivity index is 3.95. The van der Waals surface area contributed by atoms with E-state index < -0.39 is 0 Å². The Morgan fingerprint density at radius 1 is 0.645 bits per heavy atom. The van der Waals surface area contributed by atoms with Gasteiger partial charge in [-0.1, -0.05) is 103 Å². The second-order valence-electron chi connectivity index (χ2n) is 9.35. The standard InChI is InChI=1S/C27H50N2O2/c1-2-3-4-5-6-12-15-18-25-31-26-27(20-22-28,21-23-29)19-16-13-10-8-7-9-11-14-17-24-30/h30H,2-21,24-26H2,1H3. The van der Waals surface area contributed by atoms with Crippen LogP contribution in [0, 0.1) is 28.1 Å². The molecule has 0 saturated carbocycles. The van der Waals surface area contributed by atoms with E-state index in [4.69, 9.17) is 9.84 Å². The summed E-state index contributed by atoms with van der Waals surface area (Å²) in [4.78, 5) is 0. The van der Waals surface area contributed by atoms with Gasteiger partial charge >= 0.3 is 0 Å². The molecule has 180 valence electrons. The summed E-state index contributed by atoms with van der Waals surface area (Å²) in [7, 11) is 0. The molecule has 0 aliphatic carbocycles. The molecule has 0 rings (SSSR count). The average Bonchev–Trinajstić information content (AvgIpc) is 2.77. The SMILES string of the molecule is CCCCCCCCCCOCC(CC#N)(CC#N)CCCCCCCCCCCO. The van der Waals surface area contributed by atoms with E-state index >= 15 is 0 Å². The molecule has 0 saturated heterocycles. The fourth-order valence-corrected chi connectivity index (χ4v) is 4.22. The molecule has 0 aromatic carbocycles. The largest absolute Gasteiger partial charge is 0.396 e. The smallest absolute Gasteiger partial charge is 0.0628 e. The molecule has 4 heteroatoms. The highest BCUT2D eigenvalue weighted by molar-refractivity contribution is 4.95. The minimum absolute atomic E-state index is 0.284. The molecule has 1 N–H and O–H groups in total. The molecular weight excluding hydrogens is 384 g/mol. The van der Waals surface area contributed by atoms with E-state index in [0.717, 1.165) is 38.7 Å². The van der Waals surface area contributed by atoms with Gasteiger partial charge in [0.1, 0.15) is 0 Å². The van der Waals surface area contributed by atoms with Crippen molar-refractivity contribution in [3.8, 4) is 12.1 Å². The topological polar surface area (TPSA) is 77.0 Å². The van der Waals surface area contributed by atoms with Crippen LogP contribution >= 0.6 is 0 Å². The monoisotopic (exact) mass is 434 g/mol. The summed E-state index contributed by atoms with van der Waals surface area (Å²) in [6.45, 7) is 3.87. The summed E-state index contributed by atoms with van der Waals surface area (Å²) in [5.74, 6) is 0. The lowest BCUT2D eigenvalue weighted by Crippen LogP contribution is -2.27. The maximum Gasteiger partial charge on any atom is 0.0628 e. The van der Waals surface area contributed by atoms with Gasteiger partial charge in [-0.3, -0.25) is 0 Å². The Bertz CT molecular complexity index is 411. The minimum atomic E-state index is -0.284. The second-order valence-corrected chi connectivity index (χ2v) is 9.35. The lowest BCUT2D eigenvalue weighted by molar-refractivity contribution is 0.0386. The van der Waals surface area contributed by atoms with E-state index in [0.29, 0.717) is 26.1 Å². The molecule has 4 nitrogen and oxygen atoms in total. The number of unbranched alkanes of at least 4 members (excludes halogenated alkanes) is 15. The first-order chi connectivity index (χ1) is 15.2. The van der Waals surface area contributed by atoms with Crippen LogP contribution in [-0.4, -0.2) is 24.9 Å². The van der Waals surface area contributed by atoms with E-state index in [1.807, 2.05) is 0 Å². The highest BCUT2D eigenvalue weighted by atomic mass is 16.5. The number of ether oxygens (including phenoxy) is 1. The third-order valence-electron chi connectivity index (χ3n) is 6.32. The van der Waals surface area contributed by atoms with Crippen molar-refractivity contribution in [3.05, 3.63) is 0 Å². The van der Waals surface area contributed by atoms with Crippen molar-refractivity contribution in [2.45, 2.75) is 135 Å². The summed E-state index contributed by atoms with van der Waals surface area (Å²) in [5.41, 5.74) is -0.284. The number of hydrogen-bond acceptors (Lipinski definition) is 4. The maximum absolute atomic E-state index is 9.32. The van der Waals surface area contributed by atoms with Crippen LogP contribution in [0.4, 0.5) is 0 Å². The van der Waals surface area contributed by atoms with E-state index in [9.17, 15) is 10.5 Å². The molecule has 0 bridgehead atoms. The van der Waals surface area contributed by atoms with Gasteiger partial charge in [-0.2, -0.15) is 10.5 Å². The van der Waals surface area contributed by atoms with Crippen molar-refractivity contribution < 1.29 is 9.84 Å². The van der Waals surface area contributed by atoms with Crippen LogP contribution in [0.2, 0.25) is 0 Å². The molecule has 0 unspecified atom stereocenters. The Morgan fingerprint density at radius 2 is 1.10 bits per heavy atom. The Kier molecular flexibility index (Phi) is 22.7. The summed E-state index contributed by atoms with van der Waals surface area (Å²) >= 11 is 0. The molecule has 0 aromatic rings. The van der Waals surface area contributed by atoms with Crippen molar-refractivity contribution >= 4 is 0 Å². The van der Waals surface area contributed by atoms with Gasteiger partial charge in [-0.05, 0) is 19.3 Å². The number of aliphatic hydroxyl groups excluding tert-OH is 1. The van der Waals surface area contributed by atoms with Gasteiger partial charge < -0.3 is 9.84 Å². The number of hydrogen-bond donors (Lipinski definition) is 1. The fraction of sp³-hybridized carbons (Fsp3) is 0.926. The molecule has 0 aliphatic rings. The normalized spacial score (nSPS) is 11.4. The zero-order valence-corrected chi connectivity index (χ0v) is 20.5. The van der Waals surface area contributed by atoms with Crippen LogP contribution in [-0.2, 0) is 4.74 Å². The third-order valence-corrected chi connectivity index (χ3v) is 6.32. The lowest BCUT2D eigenvalue weighted by Gasteiger charge is -2.29. The lowest BCUT2D eigenvalue weighted by atomic mass is 9.78. The quantitative estimate of drug-likeness (QED) is 0.157. The molecule has 0 amide bonds. The van der Waals surface area contributed by atoms with E-state index in [2.05, 4.69) is 19.1 Å². The van der Waals surface area contributed by atoms with Gasteiger partial charge in [0.2, 0.25) is 0 Å². The predicted molar refractivity (Wildman–Crippen MR) is 130 cm³/mol. The molecule has 0 radical (unpaired) electrons. The van der Waals surface area contributed by atoms with Gasteiger partial charge in [0.15, 0.2) is 0 Å². The first-order valence-electron chi connectivity index (χ1n) is 13.2. The zero-order chi connectivity index (χ0) is 22.9. The summed E-state index contributed by atoms with van der Waals surface area (Å²) in [5, 5.41) is 27.4. The average molecular weight is 435 g/mol. The molecule has 0 atom stereocenters. The highest BCUT2D eigenvalue weighted by Crippen LogP contribution is 2.33. The molecule has 31 heavy (non-hydrogen) atoms. The minimum Gasteiger partial charge on any atom is -0.396 e.